The van der Waals surface area contributed by atoms with E-state index in [1.165, 1.54) is 13.0 Å². The Hall–Kier alpha value is -3.91. The maximum absolute atomic E-state index is 11.4. The molecule has 0 unspecified atom stereocenters. The van der Waals surface area contributed by atoms with Gasteiger partial charge in [0.1, 0.15) is 18.1 Å². The highest BCUT2D eigenvalue weighted by Gasteiger charge is 2.22. The molecule has 3 aromatic rings. The number of carboxylic acids is 1. The van der Waals surface area contributed by atoms with E-state index in [0.29, 0.717) is 58.1 Å². The number of hydrogen-bond donors (Lipinski definition) is 2. The lowest BCUT2D eigenvalue weighted by Gasteiger charge is -2.25. The van der Waals surface area contributed by atoms with Gasteiger partial charge in [0.2, 0.25) is 11.8 Å². The number of nitrogens with one attached hydrogen (secondary N) is 1. The zero-order valence-corrected chi connectivity index (χ0v) is 21.1. The monoisotopic (exact) mass is 507 g/mol. The average Bonchev–Trinajstić information content (AvgIpc) is 3.18. The van der Waals surface area contributed by atoms with E-state index in [9.17, 15) is 14.7 Å². The minimum Gasteiger partial charge on any atom is -0.491 e. The summed E-state index contributed by atoms with van der Waals surface area (Å²) in [6.45, 7) is 7.30. The van der Waals surface area contributed by atoms with Crippen LogP contribution in [0.2, 0.25) is 5.02 Å². The van der Waals surface area contributed by atoms with Crippen molar-refractivity contribution in [2.24, 2.45) is 4.99 Å². The molecule has 0 atom stereocenters. The third kappa shape index (κ3) is 5.83. The molecule has 1 amide bonds. The molecule has 2 heterocycles. The van der Waals surface area contributed by atoms with Gasteiger partial charge in [-0.05, 0) is 68.8 Å². The predicted octanol–water partition coefficient (Wildman–Crippen LogP) is 5.37. The number of aliphatic imine (C=N–C) groups is 1. The molecule has 0 spiro atoms. The Labute approximate surface area is 214 Å². The lowest BCUT2D eigenvalue weighted by atomic mass is 10.1. The van der Waals surface area contributed by atoms with Gasteiger partial charge in [-0.25, -0.2) is 14.8 Å². The number of fused-ring (bicyclic) bond motifs is 1. The summed E-state index contributed by atoms with van der Waals surface area (Å²) in [5.74, 6) is 0.343. The summed E-state index contributed by atoms with van der Waals surface area (Å²) in [5.41, 5.74) is 3.09. The number of carboxylic acid groups (broad SMARTS) is 1. The van der Waals surface area contributed by atoms with Crippen molar-refractivity contribution >= 4 is 35.1 Å². The van der Waals surface area contributed by atoms with Crippen LogP contribution in [0.1, 0.15) is 42.4 Å². The van der Waals surface area contributed by atoms with Crippen LogP contribution in [0.4, 0.5) is 5.69 Å². The predicted molar refractivity (Wildman–Crippen MR) is 138 cm³/mol. The average molecular weight is 508 g/mol. The molecule has 0 saturated carbocycles. The molecule has 186 valence electrons. The van der Waals surface area contributed by atoms with E-state index in [2.05, 4.69) is 10.3 Å². The highest BCUT2D eigenvalue weighted by molar-refractivity contribution is 6.33. The van der Waals surface area contributed by atoms with Gasteiger partial charge in [-0.3, -0.25) is 4.79 Å². The van der Waals surface area contributed by atoms with Gasteiger partial charge in [-0.15, -0.1) is 0 Å². The first-order chi connectivity index (χ1) is 17.0. The van der Waals surface area contributed by atoms with Gasteiger partial charge in [0.15, 0.2) is 0 Å². The van der Waals surface area contributed by atoms with Crippen molar-refractivity contribution in [3.8, 4) is 22.8 Å². The molecule has 0 fully saturated rings. The van der Waals surface area contributed by atoms with Crippen LogP contribution in [0.5, 0.6) is 11.5 Å². The van der Waals surface area contributed by atoms with Crippen LogP contribution >= 0.6 is 11.6 Å². The van der Waals surface area contributed by atoms with E-state index < -0.39 is 11.5 Å². The Bertz CT molecular complexity index is 1370. The first kappa shape index (κ1) is 25.2. The number of aromatic nitrogens is 1. The number of hydrogen-bond acceptors (Lipinski definition) is 6. The van der Waals surface area contributed by atoms with Crippen molar-refractivity contribution in [3.05, 3.63) is 70.4 Å². The molecule has 1 aliphatic rings. The maximum atomic E-state index is 11.4. The summed E-state index contributed by atoms with van der Waals surface area (Å²) in [6.07, 6.45) is 0.356. The van der Waals surface area contributed by atoms with Crippen LogP contribution in [-0.2, 0) is 11.2 Å². The minimum absolute atomic E-state index is 0.113. The number of ether oxygens (including phenoxy) is 2. The molecular weight excluding hydrogens is 482 g/mol. The third-order valence-corrected chi connectivity index (χ3v) is 5.80. The number of amides is 1. The number of aromatic carboxylic acids is 1. The Morgan fingerprint density at radius 3 is 2.47 bits per heavy atom. The number of benzene rings is 2. The molecule has 9 heteroatoms. The van der Waals surface area contributed by atoms with Crippen molar-refractivity contribution in [1.29, 1.82) is 0 Å². The molecule has 2 aromatic carbocycles. The number of aryl methyl sites for hydroxylation is 1. The van der Waals surface area contributed by atoms with Crippen molar-refractivity contribution in [2.75, 3.05) is 6.61 Å². The SMILES string of the molecule is CC(=O)NC(C)(C)COc1ccc(-c2nc3c(cc2Cl)N=C(Oc2ccc(C)c(C(=O)O)c2)C3)cc1. The second kappa shape index (κ2) is 9.99. The summed E-state index contributed by atoms with van der Waals surface area (Å²) >= 11 is 6.52. The van der Waals surface area contributed by atoms with Crippen LogP contribution in [0.15, 0.2) is 53.5 Å². The van der Waals surface area contributed by atoms with Crippen molar-refractivity contribution < 1.29 is 24.2 Å². The second-order valence-electron chi connectivity index (χ2n) is 9.23. The van der Waals surface area contributed by atoms with E-state index in [1.54, 1.807) is 25.1 Å². The summed E-state index contributed by atoms with van der Waals surface area (Å²) < 4.78 is 11.7. The molecule has 2 N–H and O–H groups in total. The molecule has 0 aliphatic carbocycles. The second-order valence-corrected chi connectivity index (χ2v) is 9.64. The van der Waals surface area contributed by atoms with Crippen LogP contribution in [0.3, 0.4) is 0 Å². The summed E-state index contributed by atoms with van der Waals surface area (Å²) in [5, 5.41) is 12.6. The number of halogens is 1. The van der Waals surface area contributed by atoms with Crippen molar-refractivity contribution in [2.45, 2.75) is 39.7 Å². The number of pyridine rings is 1. The lowest BCUT2D eigenvalue weighted by Crippen LogP contribution is -2.46. The van der Waals surface area contributed by atoms with Gasteiger partial charge < -0.3 is 19.9 Å². The first-order valence-corrected chi connectivity index (χ1v) is 11.7. The molecule has 1 aliphatic heterocycles. The van der Waals surface area contributed by atoms with E-state index in [1.807, 2.05) is 38.1 Å². The van der Waals surface area contributed by atoms with E-state index in [-0.39, 0.29) is 11.5 Å². The largest absolute Gasteiger partial charge is 0.491 e. The Morgan fingerprint density at radius 1 is 1.11 bits per heavy atom. The quantitative estimate of drug-likeness (QED) is 0.445. The number of carbonyl (C=O) groups is 2. The Kier molecular flexibility index (Phi) is 6.99. The summed E-state index contributed by atoms with van der Waals surface area (Å²) in [4.78, 5) is 31.9. The van der Waals surface area contributed by atoms with Gasteiger partial charge in [0.25, 0.3) is 0 Å². The molecule has 0 radical (unpaired) electrons. The summed E-state index contributed by atoms with van der Waals surface area (Å²) in [6, 6.07) is 14.0. The van der Waals surface area contributed by atoms with Crippen LogP contribution in [0.25, 0.3) is 11.3 Å². The molecule has 1 aromatic heterocycles. The maximum Gasteiger partial charge on any atom is 0.336 e. The molecular formula is C27H26ClN3O5. The zero-order valence-electron chi connectivity index (χ0n) is 20.4. The fourth-order valence-corrected chi connectivity index (χ4v) is 4.09. The standard InChI is InChI=1S/C27H26ClN3O5/c1-15-5-8-19(11-20(15)26(33)34)36-24-13-23-22(29-24)12-21(28)25(30-23)17-6-9-18(10-7-17)35-14-27(3,4)31-16(2)32/h5-12H,13-14H2,1-4H3,(H,31,32)(H,33,34). The highest BCUT2D eigenvalue weighted by atomic mass is 35.5. The molecule has 0 bridgehead atoms. The van der Waals surface area contributed by atoms with E-state index in [4.69, 9.17) is 26.1 Å². The third-order valence-electron chi connectivity index (χ3n) is 5.51. The number of nitrogens with zero attached hydrogens (tertiary/aromatic N) is 2. The Balaban J connectivity index is 1.46. The molecule has 0 saturated heterocycles. The molecule has 8 nitrogen and oxygen atoms in total. The van der Waals surface area contributed by atoms with Crippen molar-refractivity contribution in [1.82, 2.24) is 10.3 Å². The Morgan fingerprint density at radius 2 is 1.81 bits per heavy atom. The fraction of sp³-hybridized carbons (Fsp3) is 0.259. The van der Waals surface area contributed by atoms with Crippen LogP contribution in [-0.4, -0.2) is 40.0 Å². The summed E-state index contributed by atoms with van der Waals surface area (Å²) in [7, 11) is 0. The smallest absolute Gasteiger partial charge is 0.336 e. The van der Waals surface area contributed by atoms with Gasteiger partial charge in [-0.1, -0.05) is 17.7 Å². The number of rotatable bonds is 7. The molecule has 36 heavy (non-hydrogen) atoms. The van der Waals surface area contributed by atoms with Gasteiger partial charge in [0, 0.05) is 12.5 Å². The van der Waals surface area contributed by atoms with Gasteiger partial charge in [0.05, 0.1) is 39.6 Å². The van der Waals surface area contributed by atoms with Crippen molar-refractivity contribution in [3.63, 3.8) is 0 Å². The molecule has 4 rings (SSSR count). The van der Waals surface area contributed by atoms with E-state index in [0.717, 1.165) is 5.56 Å². The zero-order chi connectivity index (χ0) is 26.0. The number of carbonyl (C=O) groups excluding carboxylic acids is 1. The van der Waals surface area contributed by atoms with Crippen LogP contribution in [0, 0.1) is 6.92 Å². The van der Waals surface area contributed by atoms with E-state index >= 15 is 0 Å². The highest BCUT2D eigenvalue weighted by Crippen LogP contribution is 2.35. The topological polar surface area (TPSA) is 110 Å². The fourth-order valence-electron chi connectivity index (χ4n) is 3.84. The normalized spacial score (nSPS) is 12.5. The minimum atomic E-state index is -1.01. The van der Waals surface area contributed by atoms with Gasteiger partial charge >= 0.3 is 5.97 Å². The first-order valence-electron chi connectivity index (χ1n) is 11.3. The van der Waals surface area contributed by atoms with Crippen LogP contribution < -0.4 is 14.8 Å². The van der Waals surface area contributed by atoms with Gasteiger partial charge in [-0.2, -0.15) is 0 Å². The lowest BCUT2D eigenvalue weighted by molar-refractivity contribution is -0.120.